The van der Waals surface area contributed by atoms with Crippen molar-refractivity contribution in [2.75, 3.05) is 0 Å². The zero-order chi connectivity index (χ0) is 59.3. The number of Topliss-reactive ketones (excluding diaryl/α,β-unsaturated/α-hetero) is 2. The van der Waals surface area contributed by atoms with Gasteiger partial charge in [-0.2, -0.15) is 0 Å². The predicted molar refractivity (Wildman–Crippen MR) is 277 cm³/mol. The van der Waals surface area contributed by atoms with Gasteiger partial charge in [-0.1, -0.05) is 145 Å². The molecule has 0 fully saturated rings. The van der Waals surface area contributed by atoms with E-state index in [-0.39, 0.29) is 50.1 Å². The SMILES string of the molecule is O=C(C(=O)c1ccccc1[O-])c1ccccc1[O-].[O-][Cl+3]([O-])([O-])[O-].[O-][Cl+3]([O-])([O-])[O-].[Ru+2].[Ru+2].c1ccc(-c2ccccn2)nc1.c1ccc(-c2ccccn2)nc1.c1ccc(-c2ccccn2)nc1.c1ccc(-c2ccccn2)nc1.c1ccccc1. The summed E-state index contributed by atoms with van der Waals surface area (Å²) >= 11 is 0. The average molecular weight is 1340 g/mol. The van der Waals surface area contributed by atoms with E-state index in [4.69, 9.17) is 37.3 Å². The van der Waals surface area contributed by atoms with Crippen molar-refractivity contribution in [1.82, 2.24) is 39.9 Å². The van der Waals surface area contributed by atoms with Crippen LogP contribution in [0.5, 0.6) is 11.5 Å². The van der Waals surface area contributed by atoms with Gasteiger partial charge in [-0.3, -0.25) is 49.5 Å². The second-order valence-corrected chi connectivity index (χ2v) is 16.8. The Hall–Kier alpha value is -8.69. The van der Waals surface area contributed by atoms with E-state index < -0.39 is 43.6 Å². The molecule has 11 rings (SSSR count). The molecular formula is C60H46Cl2N8O12Ru2. The Kier molecular flexibility index (Phi) is 34.4. The second-order valence-electron chi connectivity index (χ2n) is 15.3. The predicted octanol–water partition coefficient (Wildman–Crippen LogP) is 1.64. The first-order valence-electron chi connectivity index (χ1n) is 23.6. The summed E-state index contributed by atoms with van der Waals surface area (Å²) in [5, 5.41) is 22.9. The molecule has 8 aromatic heterocycles. The zero-order valence-corrected chi connectivity index (χ0v) is 48.5. The molecule has 3 aromatic carbocycles. The molecule has 0 aliphatic rings. The quantitative estimate of drug-likeness (QED) is 0.124. The number of pyridine rings is 8. The molecule has 428 valence electrons. The topological polar surface area (TPSA) is 368 Å². The Labute approximate surface area is 512 Å². The first kappa shape index (κ1) is 71.4. The van der Waals surface area contributed by atoms with E-state index in [9.17, 15) is 19.8 Å². The Bertz CT molecular complexity index is 2910. The monoisotopic (exact) mass is 1340 g/mol. The van der Waals surface area contributed by atoms with E-state index in [1.54, 1.807) is 49.6 Å². The minimum Gasteiger partial charge on any atom is -0.872 e. The maximum atomic E-state index is 11.8. The maximum absolute atomic E-state index is 11.8. The molecule has 0 aliphatic carbocycles. The van der Waals surface area contributed by atoms with Crippen LogP contribution in [0.15, 0.2) is 280 Å². The van der Waals surface area contributed by atoms with Crippen LogP contribution in [0.1, 0.15) is 20.7 Å². The van der Waals surface area contributed by atoms with E-state index in [0.29, 0.717) is 0 Å². The van der Waals surface area contributed by atoms with Gasteiger partial charge >= 0.3 is 39.0 Å². The number of carbonyl (C=O) groups excluding carboxylic acids is 2. The van der Waals surface area contributed by atoms with Gasteiger partial charge in [-0.25, -0.2) is 37.3 Å². The molecule has 0 saturated heterocycles. The van der Waals surface area contributed by atoms with Crippen molar-refractivity contribution in [1.29, 1.82) is 0 Å². The third kappa shape index (κ3) is 30.9. The van der Waals surface area contributed by atoms with E-state index in [1.807, 2.05) is 182 Å². The fourth-order valence-electron chi connectivity index (χ4n) is 6.05. The number of hydrogen-bond donors (Lipinski definition) is 0. The summed E-state index contributed by atoms with van der Waals surface area (Å²) < 4.78 is 67.9. The molecule has 8 heterocycles. The van der Waals surface area contributed by atoms with Crippen LogP contribution in [0.4, 0.5) is 0 Å². The van der Waals surface area contributed by atoms with Crippen molar-refractivity contribution < 1.29 is 117 Å². The van der Waals surface area contributed by atoms with Crippen molar-refractivity contribution in [3.8, 4) is 57.1 Å². The molecule has 0 bridgehead atoms. The minimum absolute atomic E-state index is 0. The first-order valence-corrected chi connectivity index (χ1v) is 26.1. The summed E-state index contributed by atoms with van der Waals surface area (Å²) in [7, 11) is -9.89. The fourth-order valence-corrected chi connectivity index (χ4v) is 6.05. The van der Waals surface area contributed by atoms with Gasteiger partial charge in [0.2, 0.25) is 11.6 Å². The van der Waals surface area contributed by atoms with Gasteiger partial charge in [0.25, 0.3) is 0 Å². The van der Waals surface area contributed by atoms with Crippen LogP contribution >= 0.6 is 0 Å². The summed E-state index contributed by atoms with van der Waals surface area (Å²) in [5.41, 5.74) is 6.89. The van der Waals surface area contributed by atoms with Crippen molar-refractivity contribution in [2.45, 2.75) is 0 Å². The van der Waals surface area contributed by atoms with Crippen LogP contribution in [-0.2, 0) is 39.0 Å². The summed E-state index contributed by atoms with van der Waals surface area (Å²) in [4.78, 5) is 57.2. The van der Waals surface area contributed by atoms with Gasteiger partial charge in [-0.05, 0) is 97.1 Å². The molecule has 0 atom stereocenters. The molecule has 0 saturated carbocycles. The number of benzene rings is 3. The summed E-state index contributed by atoms with van der Waals surface area (Å²) in [5.74, 6) is -2.97. The van der Waals surface area contributed by atoms with E-state index >= 15 is 0 Å². The van der Waals surface area contributed by atoms with E-state index in [2.05, 4.69) is 39.9 Å². The van der Waals surface area contributed by atoms with Gasteiger partial charge in [0.15, 0.2) is 0 Å². The van der Waals surface area contributed by atoms with Gasteiger partial charge in [0.05, 0.1) is 45.6 Å². The first-order chi connectivity index (χ1) is 39.5. The number of carbonyl (C=O) groups is 2. The third-order valence-electron chi connectivity index (χ3n) is 9.51. The second kappa shape index (κ2) is 40.5. The van der Waals surface area contributed by atoms with Crippen molar-refractivity contribution >= 4 is 11.6 Å². The average Bonchev–Trinajstić information content (AvgIpc) is 3.72. The van der Waals surface area contributed by atoms with Crippen LogP contribution in [0.25, 0.3) is 45.6 Å². The molecular weight excluding hydrogens is 1300 g/mol. The maximum Gasteiger partial charge on any atom is 2.00 e. The Morgan fingerprint density at radius 2 is 0.381 bits per heavy atom. The molecule has 0 unspecified atom stereocenters. The summed E-state index contributed by atoms with van der Waals surface area (Å²) in [6, 6.07) is 69.3. The number of ketones is 2. The number of nitrogens with zero attached hydrogens (tertiary/aromatic N) is 8. The van der Waals surface area contributed by atoms with Crippen LogP contribution in [-0.4, -0.2) is 51.4 Å². The molecule has 84 heavy (non-hydrogen) atoms. The Balaban J connectivity index is 0.000000337. The van der Waals surface area contributed by atoms with Gasteiger partial charge in [-0.15, -0.1) is 20.5 Å². The zero-order valence-electron chi connectivity index (χ0n) is 43.5. The minimum atomic E-state index is -4.94. The van der Waals surface area contributed by atoms with E-state index in [1.165, 1.54) is 48.5 Å². The Morgan fingerprint density at radius 3 is 0.512 bits per heavy atom. The van der Waals surface area contributed by atoms with Crippen LogP contribution in [0.2, 0.25) is 0 Å². The molecule has 0 spiro atoms. The third-order valence-corrected chi connectivity index (χ3v) is 9.51. The fraction of sp³-hybridized carbons (Fsp3) is 0. The summed E-state index contributed by atoms with van der Waals surface area (Å²) in [6.45, 7) is 0. The van der Waals surface area contributed by atoms with Crippen LogP contribution < -0.4 is 47.5 Å². The number of hydrogen-bond acceptors (Lipinski definition) is 20. The molecule has 11 aromatic rings. The van der Waals surface area contributed by atoms with Crippen molar-refractivity contribution in [2.24, 2.45) is 0 Å². The Morgan fingerprint density at radius 1 is 0.238 bits per heavy atom. The summed E-state index contributed by atoms with van der Waals surface area (Å²) in [6.07, 6.45) is 14.1. The molecule has 0 radical (unpaired) electrons. The largest absolute Gasteiger partial charge is 2.00 e. The number of aromatic nitrogens is 8. The van der Waals surface area contributed by atoms with Gasteiger partial charge < -0.3 is 10.2 Å². The molecule has 24 heteroatoms. The van der Waals surface area contributed by atoms with E-state index in [0.717, 1.165) is 45.6 Å². The number of halogens is 2. The van der Waals surface area contributed by atoms with Crippen LogP contribution in [0.3, 0.4) is 0 Å². The number of rotatable bonds is 7. The smallest absolute Gasteiger partial charge is 0.872 e. The van der Waals surface area contributed by atoms with Gasteiger partial charge in [0, 0.05) is 60.7 Å². The molecule has 20 nitrogen and oxygen atoms in total. The molecule has 0 amide bonds. The number of para-hydroxylation sites is 2. The van der Waals surface area contributed by atoms with Gasteiger partial charge in [0.1, 0.15) is 0 Å². The van der Waals surface area contributed by atoms with Crippen molar-refractivity contribution in [3.63, 3.8) is 0 Å². The molecule has 0 aliphatic heterocycles. The standard InChI is InChI=1S/C14H10O4.4C10H8N2.C6H6.2ClHO4.2Ru/c15-11-7-3-1-5-9(11)13(17)14(18)10-6-2-4-8-12(10)16;4*1-3-7-11-9(5-1)10-6-2-4-8-12-10;1-2-4-6-5-3-1;2*2-1(3,4)5;;/h1-8,15-16H;4*1-8H;1-6H;2*(H,2,3,4,5);;/q;;;;;;;;2*+2/p-4. The normalized spacial score (nSPS) is 9.67. The molecule has 0 N–H and O–H groups in total. The van der Waals surface area contributed by atoms with Crippen molar-refractivity contribution in [3.05, 3.63) is 291 Å². The van der Waals surface area contributed by atoms with Crippen LogP contribution in [0, 0.1) is 20.5 Å².